The molecule has 3 heterocycles. The van der Waals surface area contributed by atoms with Gasteiger partial charge in [-0.1, -0.05) is 17.3 Å². The number of nitrogens with zero attached hydrogens (tertiary/aromatic N) is 5. The lowest BCUT2D eigenvalue weighted by Crippen LogP contribution is -2.04. The summed E-state index contributed by atoms with van der Waals surface area (Å²) >= 11 is 0. The second-order valence-corrected chi connectivity index (χ2v) is 8.25. The van der Waals surface area contributed by atoms with Gasteiger partial charge in [-0.3, -0.25) is 0 Å². The van der Waals surface area contributed by atoms with Crippen molar-refractivity contribution < 1.29 is 26.3 Å². The van der Waals surface area contributed by atoms with E-state index < -0.39 is 27.6 Å². The fraction of sp³-hybridized carbons (Fsp3) is 0.118. The van der Waals surface area contributed by atoms with Crippen LogP contribution in [0.1, 0.15) is 5.89 Å². The lowest BCUT2D eigenvalue weighted by Gasteiger charge is -2.04. The van der Waals surface area contributed by atoms with Gasteiger partial charge in [0.25, 0.3) is 0 Å². The number of hydrogen-bond acceptors (Lipinski definition) is 6. The Hall–Kier alpha value is -3.28. The van der Waals surface area contributed by atoms with E-state index in [1.807, 2.05) is 0 Å². The Kier molecular flexibility index (Phi) is 4.37. The number of halogens is 4. The normalized spacial score (nSPS) is 14.1. The summed E-state index contributed by atoms with van der Waals surface area (Å²) in [7, 11) is -3.11. The van der Waals surface area contributed by atoms with E-state index in [1.165, 1.54) is 53.4 Å². The Morgan fingerprint density at radius 3 is 2.62 bits per heavy atom. The van der Waals surface area contributed by atoms with Crippen molar-refractivity contribution in [1.29, 1.82) is 0 Å². The second kappa shape index (κ2) is 6.65. The van der Waals surface area contributed by atoms with Gasteiger partial charge in [-0.05, 0) is 24.3 Å². The van der Waals surface area contributed by atoms with Crippen molar-refractivity contribution in [3.63, 3.8) is 0 Å². The number of rotatable bonds is 3. The van der Waals surface area contributed by atoms with Crippen LogP contribution < -0.4 is 0 Å². The molecule has 29 heavy (non-hydrogen) atoms. The number of pyridine rings is 1. The highest BCUT2D eigenvalue weighted by Gasteiger charge is 2.38. The van der Waals surface area contributed by atoms with Gasteiger partial charge in [0.2, 0.25) is 5.82 Å². The smallest absolute Gasteiger partial charge is 0.329 e. The number of alkyl halides is 3. The zero-order valence-corrected chi connectivity index (χ0v) is 15.4. The summed E-state index contributed by atoms with van der Waals surface area (Å²) in [6, 6.07) is 8.47. The molecule has 0 aliphatic carbocycles. The molecule has 0 radical (unpaired) electrons. The molecule has 0 fully saturated rings. The summed E-state index contributed by atoms with van der Waals surface area (Å²) in [4.78, 5) is 7.45. The molecule has 0 aliphatic heterocycles. The van der Waals surface area contributed by atoms with Crippen molar-refractivity contribution in [3.05, 3.63) is 60.5 Å². The fourth-order valence-corrected chi connectivity index (χ4v) is 3.89. The number of benzene rings is 1. The van der Waals surface area contributed by atoms with Crippen LogP contribution in [-0.2, 0) is 15.9 Å². The first-order valence-corrected chi connectivity index (χ1v) is 9.92. The van der Waals surface area contributed by atoms with Gasteiger partial charge >= 0.3 is 12.1 Å². The molecule has 1 unspecified atom stereocenters. The van der Waals surface area contributed by atoms with Gasteiger partial charge in [0.1, 0.15) is 11.5 Å². The maximum atomic E-state index is 14.0. The van der Waals surface area contributed by atoms with Crippen LogP contribution in [0.2, 0.25) is 0 Å². The van der Waals surface area contributed by atoms with E-state index in [-0.39, 0.29) is 22.1 Å². The standard InChI is InChI=1S/C17H11F4N5O2S/c1-29(27,12-5-3-2-4-11(12)18)25-13-9-26-7-6-10(8-14(26)22-13)15-23-16(28-24-15)17(19,20)21/h2-9H,1H3. The van der Waals surface area contributed by atoms with Gasteiger partial charge in [0, 0.05) is 18.0 Å². The highest BCUT2D eigenvalue weighted by Crippen LogP contribution is 2.30. The average molecular weight is 425 g/mol. The number of imidazole rings is 1. The Labute approximate surface area is 161 Å². The molecule has 150 valence electrons. The molecule has 0 spiro atoms. The molecule has 4 rings (SSSR count). The first kappa shape index (κ1) is 19.1. The van der Waals surface area contributed by atoms with E-state index in [0.29, 0.717) is 5.65 Å². The molecule has 12 heteroatoms. The maximum absolute atomic E-state index is 14.0. The number of hydrogen-bond donors (Lipinski definition) is 0. The van der Waals surface area contributed by atoms with Gasteiger partial charge in [-0.2, -0.15) is 22.5 Å². The minimum Gasteiger partial charge on any atom is -0.329 e. The predicted octanol–water partition coefficient (Wildman–Crippen LogP) is 4.33. The lowest BCUT2D eigenvalue weighted by molar-refractivity contribution is -0.159. The molecule has 4 aromatic rings. The minimum atomic E-state index is -4.75. The van der Waals surface area contributed by atoms with Crippen molar-refractivity contribution in [2.24, 2.45) is 4.36 Å². The Bertz CT molecular complexity index is 1340. The van der Waals surface area contributed by atoms with E-state index in [0.717, 1.165) is 0 Å². The van der Waals surface area contributed by atoms with Gasteiger partial charge in [0.05, 0.1) is 20.8 Å². The predicted molar refractivity (Wildman–Crippen MR) is 94.3 cm³/mol. The van der Waals surface area contributed by atoms with Crippen LogP contribution in [0, 0.1) is 5.82 Å². The van der Waals surface area contributed by atoms with E-state index in [4.69, 9.17) is 0 Å². The van der Waals surface area contributed by atoms with Gasteiger partial charge in [-0.15, -0.1) is 0 Å². The summed E-state index contributed by atoms with van der Waals surface area (Å²) in [5, 5.41) is 3.32. The molecular formula is C17H11F4N5O2S. The summed E-state index contributed by atoms with van der Waals surface area (Å²) in [6.07, 6.45) is -0.497. The Balaban J connectivity index is 1.73. The summed E-state index contributed by atoms with van der Waals surface area (Å²) in [5.74, 6) is -2.29. The third-order valence-corrected chi connectivity index (χ3v) is 5.57. The number of fused-ring (bicyclic) bond motifs is 1. The summed E-state index contributed by atoms with van der Waals surface area (Å²) in [6.45, 7) is 0. The highest BCUT2D eigenvalue weighted by atomic mass is 32.2. The van der Waals surface area contributed by atoms with Crippen molar-refractivity contribution in [1.82, 2.24) is 19.5 Å². The first-order chi connectivity index (χ1) is 13.6. The van der Waals surface area contributed by atoms with E-state index in [9.17, 15) is 21.8 Å². The average Bonchev–Trinajstić information content (AvgIpc) is 3.27. The minimum absolute atomic E-state index is 0.0516. The summed E-state index contributed by atoms with van der Waals surface area (Å²) < 4.78 is 74.5. The van der Waals surface area contributed by atoms with Gasteiger partial charge < -0.3 is 8.92 Å². The quantitative estimate of drug-likeness (QED) is 0.456. The van der Waals surface area contributed by atoms with Gasteiger partial charge in [0.15, 0.2) is 5.82 Å². The molecule has 0 saturated carbocycles. The molecular weight excluding hydrogens is 414 g/mol. The topological polar surface area (TPSA) is 85.7 Å². The largest absolute Gasteiger partial charge is 0.471 e. The molecule has 0 aliphatic rings. The fourth-order valence-electron chi connectivity index (χ4n) is 2.59. The van der Waals surface area contributed by atoms with Crippen LogP contribution in [0.4, 0.5) is 23.4 Å². The molecule has 1 atom stereocenters. The van der Waals surface area contributed by atoms with Crippen molar-refractivity contribution in [2.45, 2.75) is 11.1 Å². The van der Waals surface area contributed by atoms with Crippen LogP contribution in [0.25, 0.3) is 17.0 Å². The molecule has 1 aromatic carbocycles. The van der Waals surface area contributed by atoms with Crippen molar-refractivity contribution in [3.8, 4) is 11.4 Å². The van der Waals surface area contributed by atoms with Crippen LogP contribution in [0.5, 0.6) is 0 Å². The zero-order valence-electron chi connectivity index (χ0n) is 14.6. The molecule has 0 N–H and O–H groups in total. The number of aromatic nitrogens is 4. The molecule has 7 nitrogen and oxygen atoms in total. The van der Waals surface area contributed by atoms with Crippen molar-refractivity contribution >= 4 is 21.2 Å². The molecule has 0 bridgehead atoms. The molecule has 0 saturated heterocycles. The van der Waals surface area contributed by atoms with E-state index in [2.05, 4.69) is 24.0 Å². The van der Waals surface area contributed by atoms with E-state index >= 15 is 0 Å². The van der Waals surface area contributed by atoms with Crippen LogP contribution in [0.15, 0.2) is 62.6 Å². The summed E-state index contributed by atoms with van der Waals surface area (Å²) in [5.41, 5.74) is 0.531. The first-order valence-electron chi connectivity index (χ1n) is 8.00. The monoisotopic (exact) mass is 425 g/mol. The van der Waals surface area contributed by atoms with Crippen LogP contribution in [0.3, 0.4) is 0 Å². The lowest BCUT2D eigenvalue weighted by atomic mass is 10.2. The second-order valence-electron chi connectivity index (χ2n) is 6.03. The Morgan fingerprint density at radius 1 is 1.17 bits per heavy atom. The Morgan fingerprint density at radius 2 is 1.93 bits per heavy atom. The highest BCUT2D eigenvalue weighted by molar-refractivity contribution is 7.93. The molecule has 3 aromatic heterocycles. The SMILES string of the molecule is CS(=O)(=Nc1cn2ccc(-c3noc(C(F)(F)F)n3)cc2n1)c1ccccc1F. The third-order valence-electron chi connectivity index (χ3n) is 3.89. The van der Waals surface area contributed by atoms with E-state index in [1.54, 1.807) is 6.07 Å². The van der Waals surface area contributed by atoms with Crippen LogP contribution >= 0.6 is 0 Å². The maximum Gasteiger partial charge on any atom is 0.471 e. The van der Waals surface area contributed by atoms with Crippen molar-refractivity contribution in [2.75, 3.05) is 6.26 Å². The van der Waals surface area contributed by atoms with Gasteiger partial charge in [-0.25, -0.2) is 13.6 Å². The van der Waals surface area contributed by atoms with Crippen LogP contribution in [-0.4, -0.2) is 30.0 Å². The zero-order chi connectivity index (χ0) is 20.8. The third kappa shape index (κ3) is 3.70. The molecule has 0 amide bonds.